The average Bonchev–Trinajstić information content (AvgIpc) is 3.38. The van der Waals surface area contributed by atoms with Crippen LogP contribution in [0.4, 0.5) is 0 Å². The highest BCUT2D eigenvalue weighted by Gasteiger charge is 2.26. The predicted molar refractivity (Wildman–Crippen MR) is 141 cm³/mol. The molecule has 0 unspecified atom stereocenters. The van der Waals surface area contributed by atoms with E-state index in [2.05, 4.69) is 47.9 Å². The lowest BCUT2D eigenvalue weighted by Gasteiger charge is -2.19. The van der Waals surface area contributed by atoms with Crippen molar-refractivity contribution >= 4 is 11.9 Å². The molecule has 1 aliphatic rings. The molecule has 0 saturated heterocycles. The summed E-state index contributed by atoms with van der Waals surface area (Å²) in [6, 6.07) is 18.5. The van der Waals surface area contributed by atoms with Crippen LogP contribution in [0.1, 0.15) is 51.5 Å². The van der Waals surface area contributed by atoms with Gasteiger partial charge >= 0.3 is 5.97 Å². The van der Waals surface area contributed by atoms with Crippen LogP contribution in [0.15, 0.2) is 54.6 Å². The van der Waals surface area contributed by atoms with Crippen LogP contribution < -0.4 is 15.4 Å². The van der Waals surface area contributed by atoms with Gasteiger partial charge in [-0.25, -0.2) is 4.79 Å². The number of fused-ring (bicyclic) bond motifs is 1. The normalized spacial score (nSPS) is 12.2. The van der Waals surface area contributed by atoms with Gasteiger partial charge in [0.2, 0.25) is 5.91 Å². The quantitative estimate of drug-likeness (QED) is 0.320. The summed E-state index contributed by atoms with van der Waals surface area (Å²) in [4.78, 5) is 23.9. The standard InChI is InChI=1S/C30H34N2O4/c1-20-23(11-7-12-25(20)22-9-5-4-6-10-22)19-36-29-27-14-8-13-26(27)24(17-28(29)30(34)35-3)18-31-15-16-32-21(2)33/h4-7,9-12,17,31H,8,13-16,18-19H2,1-3H3,(H,32,33). The van der Waals surface area contributed by atoms with Gasteiger partial charge in [0, 0.05) is 26.6 Å². The fraction of sp³-hybridized carbons (Fsp3) is 0.333. The number of nitrogens with one attached hydrogen (secondary N) is 2. The maximum Gasteiger partial charge on any atom is 0.341 e. The lowest BCUT2D eigenvalue weighted by atomic mass is 9.96. The van der Waals surface area contributed by atoms with E-state index in [-0.39, 0.29) is 5.91 Å². The van der Waals surface area contributed by atoms with E-state index >= 15 is 0 Å². The van der Waals surface area contributed by atoms with Gasteiger partial charge < -0.3 is 20.1 Å². The Morgan fingerprint density at radius 2 is 1.72 bits per heavy atom. The number of methoxy groups -OCH3 is 1. The van der Waals surface area contributed by atoms with E-state index in [0.29, 0.717) is 37.6 Å². The van der Waals surface area contributed by atoms with Crippen molar-refractivity contribution < 1.29 is 19.1 Å². The minimum Gasteiger partial charge on any atom is -0.488 e. The molecule has 3 aromatic carbocycles. The van der Waals surface area contributed by atoms with Crippen LogP contribution in [0, 0.1) is 6.92 Å². The van der Waals surface area contributed by atoms with E-state index in [0.717, 1.165) is 36.0 Å². The number of rotatable bonds is 10. The number of esters is 1. The van der Waals surface area contributed by atoms with Gasteiger partial charge in [-0.1, -0.05) is 48.5 Å². The Bertz CT molecular complexity index is 1240. The summed E-state index contributed by atoms with van der Waals surface area (Å²) < 4.78 is 11.5. The highest BCUT2D eigenvalue weighted by atomic mass is 16.5. The zero-order valence-corrected chi connectivity index (χ0v) is 21.3. The predicted octanol–water partition coefficient (Wildman–Crippen LogP) is 4.74. The van der Waals surface area contributed by atoms with Crippen LogP contribution in [0.3, 0.4) is 0 Å². The molecule has 0 saturated carbocycles. The van der Waals surface area contributed by atoms with Crippen molar-refractivity contribution in [2.45, 2.75) is 46.3 Å². The third-order valence-corrected chi connectivity index (χ3v) is 6.74. The van der Waals surface area contributed by atoms with Crippen molar-refractivity contribution in [3.8, 4) is 16.9 Å². The summed E-state index contributed by atoms with van der Waals surface area (Å²) in [6.07, 6.45) is 2.85. The second-order valence-corrected chi connectivity index (χ2v) is 9.12. The van der Waals surface area contributed by atoms with Crippen molar-refractivity contribution in [1.29, 1.82) is 0 Å². The molecular weight excluding hydrogens is 452 g/mol. The number of benzene rings is 3. The molecule has 36 heavy (non-hydrogen) atoms. The van der Waals surface area contributed by atoms with Gasteiger partial charge in [0.1, 0.15) is 17.9 Å². The molecule has 0 atom stereocenters. The molecule has 0 aliphatic heterocycles. The SMILES string of the molecule is COC(=O)c1cc(CNCCNC(C)=O)c2c(c1OCc1cccc(-c3ccccc3)c1C)CCC2. The Kier molecular flexibility index (Phi) is 8.39. The first-order valence-corrected chi connectivity index (χ1v) is 12.5. The van der Waals surface area contributed by atoms with Gasteiger partial charge in [-0.05, 0) is 71.2 Å². The lowest BCUT2D eigenvalue weighted by molar-refractivity contribution is -0.118. The van der Waals surface area contributed by atoms with Gasteiger partial charge in [0.15, 0.2) is 0 Å². The second-order valence-electron chi connectivity index (χ2n) is 9.12. The van der Waals surface area contributed by atoms with Crippen molar-refractivity contribution in [1.82, 2.24) is 10.6 Å². The summed E-state index contributed by atoms with van der Waals surface area (Å²) in [6.45, 7) is 5.82. The van der Waals surface area contributed by atoms with Gasteiger partial charge in [0.25, 0.3) is 0 Å². The number of carbonyl (C=O) groups excluding carboxylic acids is 2. The summed E-state index contributed by atoms with van der Waals surface area (Å²) in [7, 11) is 1.40. The summed E-state index contributed by atoms with van der Waals surface area (Å²) in [5.74, 6) is 0.200. The third-order valence-electron chi connectivity index (χ3n) is 6.74. The molecule has 6 nitrogen and oxygen atoms in total. The molecular formula is C30H34N2O4. The first-order valence-electron chi connectivity index (χ1n) is 12.5. The van der Waals surface area contributed by atoms with Crippen molar-refractivity contribution in [3.05, 3.63) is 88.0 Å². The van der Waals surface area contributed by atoms with Crippen LogP contribution >= 0.6 is 0 Å². The Morgan fingerprint density at radius 1 is 0.944 bits per heavy atom. The van der Waals surface area contributed by atoms with Gasteiger partial charge in [0.05, 0.1) is 7.11 Å². The van der Waals surface area contributed by atoms with Crippen molar-refractivity contribution in [2.75, 3.05) is 20.2 Å². The minimum absolute atomic E-state index is 0.0447. The molecule has 0 heterocycles. The largest absolute Gasteiger partial charge is 0.488 e. The highest BCUT2D eigenvalue weighted by molar-refractivity contribution is 5.93. The van der Waals surface area contributed by atoms with E-state index in [1.54, 1.807) is 0 Å². The molecule has 2 N–H and O–H groups in total. The zero-order valence-electron chi connectivity index (χ0n) is 21.3. The molecule has 3 aromatic rings. The molecule has 4 rings (SSSR count). The van der Waals surface area contributed by atoms with Crippen LogP contribution in [-0.2, 0) is 35.5 Å². The molecule has 1 aliphatic carbocycles. The van der Waals surface area contributed by atoms with Gasteiger partial charge in [-0.15, -0.1) is 0 Å². The monoisotopic (exact) mass is 486 g/mol. The second kappa shape index (κ2) is 11.9. The van der Waals surface area contributed by atoms with Crippen LogP contribution in [0.5, 0.6) is 5.75 Å². The Morgan fingerprint density at radius 3 is 2.47 bits per heavy atom. The highest BCUT2D eigenvalue weighted by Crippen LogP contribution is 2.38. The molecule has 0 fully saturated rings. The van der Waals surface area contributed by atoms with Crippen LogP contribution in [0.25, 0.3) is 11.1 Å². The third kappa shape index (κ3) is 5.77. The van der Waals surface area contributed by atoms with Gasteiger partial charge in [-0.3, -0.25) is 4.79 Å². The number of hydrogen-bond donors (Lipinski definition) is 2. The zero-order chi connectivity index (χ0) is 25.5. The van der Waals surface area contributed by atoms with Gasteiger partial charge in [-0.2, -0.15) is 0 Å². The van der Waals surface area contributed by atoms with Crippen LogP contribution in [-0.4, -0.2) is 32.1 Å². The molecule has 0 aromatic heterocycles. The summed E-state index contributed by atoms with van der Waals surface area (Å²) in [5, 5.41) is 6.16. The number of amides is 1. The minimum atomic E-state index is -0.394. The fourth-order valence-electron chi connectivity index (χ4n) is 4.89. The van der Waals surface area contributed by atoms with Crippen molar-refractivity contribution in [2.24, 2.45) is 0 Å². The smallest absolute Gasteiger partial charge is 0.341 e. The summed E-state index contributed by atoms with van der Waals surface area (Å²) in [5.41, 5.74) is 8.50. The number of carbonyl (C=O) groups is 2. The first-order chi connectivity index (χ1) is 17.5. The van der Waals surface area contributed by atoms with E-state index in [9.17, 15) is 9.59 Å². The van der Waals surface area contributed by atoms with E-state index in [1.807, 2.05) is 24.3 Å². The van der Waals surface area contributed by atoms with E-state index < -0.39 is 5.97 Å². The summed E-state index contributed by atoms with van der Waals surface area (Å²) >= 11 is 0. The molecule has 0 spiro atoms. The van der Waals surface area contributed by atoms with Crippen molar-refractivity contribution in [3.63, 3.8) is 0 Å². The van der Waals surface area contributed by atoms with E-state index in [4.69, 9.17) is 9.47 Å². The first kappa shape index (κ1) is 25.5. The Balaban J connectivity index is 1.59. The van der Waals surface area contributed by atoms with E-state index in [1.165, 1.54) is 36.3 Å². The Hall–Kier alpha value is -3.64. The maximum absolute atomic E-state index is 12.8. The molecule has 6 heteroatoms. The molecule has 188 valence electrons. The average molecular weight is 487 g/mol. The lowest BCUT2D eigenvalue weighted by Crippen LogP contribution is -2.30. The molecule has 1 amide bonds. The molecule has 0 bridgehead atoms. The van der Waals surface area contributed by atoms with Crippen LogP contribution in [0.2, 0.25) is 0 Å². The topological polar surface area (TPSA) is 76.7 Å². The maximum atomic E-state index is 12.8. The fourth-order valence-corrected chi connectivity index (χ4v) is 4.89. The number of ether oxygens (including phenoxy) is 2. The molecule has 0 radical (unpaired) electrons. The number of hydrogen-bond acceptors (Lipinski definition) is 5. The Labute approximate surface area is 213 Å².